The zero-order chi connectivity index (χ0) is 7.78. The summed E-state index contributed by atoms with van der Waals surface area (Å²) in [4.78, 5) is 0. The van der Waals surface area contributed by atoms with Crippen LogP contribution in [0.25, 0.3) is 0 Å². The van der Waals surface area contributed by atoms with Crippen molar-refractivity contribution in [3.63, 3.8) is 0 Å². The number of rotatable bonds is 0. The van der Waals surface area contributed by atoms with Gasteiger partial charge in [-0.15, -0.1) is 6.42 Å². The number of hydrogen-bond donors (Lipinski definition) is 0. The van der Waals surface area contributed by atoms with Crippen molar-refractivity contribution in [3.05, 3.63) is 11.9 Å². The van der Waals surface area contributed by atoms with E-state index < -0.39 is 7.14 Å². The smallest absolute Gasteiger partial charge is 0.109 e. The summed E-state index contributed by atoms with van der Waals surface area (Å²) in [7, 11) is -2.03. The molecule has 0 N–H and O–H groups in total. The highest BCUT2D eigenvalue weighted by atomic mass is 31.2. The Bertz CT molecular complexity index is 246. The molecule has 0 bridgehead atoms. The van der Waals surface area contributed by atoms with Gasteiger partial charge in [0.15, 0.2) is 0 Å². The van der Waals surface area contributed by atoms with Gasteiger partial charge in [0, 0.05) is 11.6 Å². The fourth-order valence-corrected chi connectivity index (χ4v) is 2.70. The molecule has 0 aliphatic carbocycles. The molecule has 0 aromatic heterocycles. The fourth-order valence-electron chi connectivity index (χ4n) is 1.07. The zero-order valence-corrected chi connectivity index (χ0v) is 7.14. The van der Waals surface area contributed by atoms with Crippen molar-refractivity contribution < 1.29 is 4.57 Å². The second kappa shape index (κ2) is 2.29. The van der Waals surface area contributed by atoms with Crippen LogP contribution in [0.1, 0.15) is 6.92 Å². The second-order valence-electron chi connectivity index (χ2n) is 2.83. The predicted molar refractivity (Wildman–Crippen MR) is 44.5 cm³/mol. The summed E-state index contributed by atoms with van der Waals surface area (Å²) in [6.07, 6.45) is 7.10. The Morgan fingerprint density at radius 3 is 2.50 bits per heavy atom. The van der Waals surface area contributed by atoms with Crippen LogP contribution in [-0.2, 0) is 4.57 Å². The minimum atomic E-state index is -2.03. The molecule has 0 saturated heterocycles. The van der Waals surface area contributed by atoms with Crippen LogP contribution in [0.2, 0.25) is 0 Å². The van der Waals surface area contributed by atoms with Crippen molar-refractivity contribution in [1.29, 1.82) is 0 Å². The highest BCUT2D eigenvalue weighted by molar-refractivity contribution is 7.67. The first-order valence-electron chi connectivity index (χ1n) is 3.30. The molecule has 0 spiro atoms. The molecule has 3 atom stereocenters. The molecule has 0 amide bonds. The van der Waals surface area contributed by atoms with Crippen LogP contribution in [-0.4, -0.2) is 12.3 Å². The maximum Gasteiger partial charge on any atom is 0.109 e. The first-order chi connectivity index (χ1) is 4.58. The Balaban J connectivity index is 2.91. The molecule has 0 aromatic carbocycles. The van der Waals surface area contributed by atoms with Gasteiger partial charge in [0.1, 0.15) is 7.14 Å². The van der Waals surface area contributed by atoms with Gasteiger partial charge in [-0.3, -0.25) is 0 Å². The first kappa shape index (κ1) is 7.63. The van der Waals surface area contributed by atoms with Gasteiger partial charge < -0.3 is 4.57 Å². The Morgan fingerprint density at radius 1 is 1.70 bits per heavy atom. The van der Waals surface area contributed by atoms with E-state index in [4.69, 9.17) is 6.42 Å². The maximum absolute atomic E-state index is 11.5. The van der Waals surface area contributed by atoms with E-state index in [1.807, 2.05) is 13.0 Å². The minimum absolute atomic E-state index is 0.0934. The van der Waals surface area contributed by atoms with E-state index in [-0.39, 0.29) is 11.6 Å². The fraction of sp³-hybridized carbons (Fsp3) is 0.500. The normalized spacial score (nSPS) is 45.3. The molecule has 1 aliphatic heterocycles. The van der Waals surface area contributed by atoms with Crippen LogP contribution in [0.3, 0.4) is 0 Å². The molecule has 1 nitrogen and oxygen atoms in total. The SMILES string of the molecule is C#CC1C=CP(C)(=O)C1C. The van der Waals surface area contributed by atoms with Crippen LogP contribution in [0.4, 0.5) is 0 Å². The van der Waals surface area contributed by atoms with Crippen molar-refractivity contribution in [3.8, 4) is 12.3 Å². The van der Waals surface area contributed by atoms with Crippen molar-refractivity contribution >= 4 is 7.14 Å². The lowest BCUT2D eigenvalue weighted by Gasteiger charge is -2.12. The minimum Gasteiger partial charge on any atom is -0.319 e. The highest BCUT2D eigenvalue weighted by Crippen LogP contribution is 2.55. The third-order valence-corrected chi connectivity index (χ3v) is 4.81. The molecule has 1 aliphatic rings. The monoisotopic (exact) mass is 154 g/mol. The number of allylic oxidation sites excluding steroid dienone is 1. The Hall–Kier alpha value is -0.470. The van der Waals surface area contributed by atoms with Gasteiger partial charge in [-0.25, -0.2) is 0 Å². The number of hydrogen-bond acceptors (Lipinski definition) is 1. The summed E-state index contributed by atoms with van der Waals surface area (Å²) in [5.74, 6) is 4.48. The molecule has 0 fully saturated rings. The topological polar surface area (TPSA) is 17.1 Å². The molecule has 2 heteroatoms. The lowest BCUT2D eigenvalue weighted by atomic mass is 10.1. The molecule has 1 rings (SSSR count). The molecule has 0 aromatic rings. The van der Waals surface area contributed by atoms with E-state index in [0.717, 1.165) is 0 Å². The Labute approximate surface area is 61.9 Å². The summed E-state index contributed by atoms with van der Waals surface area (Å²) in [5.41, 5.74) is 0.150. The first-order valence-corrected chi connectivity index (χ1v) is 5.59. The summed E-state index contributed by atoms with van der Waals surface area (Å²) in [5, 5.41) is 0. The molecule has 0 saturated carbocycles. The molecule has 1 heterocycles. The van der Waals surface area contributed by atoms with E-state index in [1.54, 1.807) is 12.5 Å². The van der Waals surface area contributed by atoms with Crippen LogP contribution in [0.15, 0.2) is 11.9 Å². The van der Waals surface area contributed by atoms with Crippen molar-refractivity contribution in [2.45, 2.75) is 12.6 Å². The van der Waals surface area contributed by atoms with E-state index in [2.05, 4.69) is 5.92 Å². The van der Waals surface area contributed by atoms with Gasteiger partial charge in [0.05, 0.1) is 0 Å². The lowest BCUT2D eigenvalue weighted by Crippen LogP contribution is -2.06. The largest absolute Gasteiger partial charge is 0.319 e. The van der Waals surface area contributed by atoms with E-state index in [0.29, 0.717) is 0 Å². The molecule has 0 radical (unpaired) electrons. The van der Waals surface area contributed by atoms with Crippen molar-refractivity contribution in [2.24, 2.45) is 5.92 Å². The molecule has 10 heavy (non-hydrogen) atoms. The third kappa shape index (κ3) is 1.04. The molecule has 3 unspecified atom stereocenters. The molecular formula is C8H11OP. The third-order valence-electron chi connectivity index (χ3n) is 2.11. The molecular weight excluding hydrogens is 143 g/mol. The van der Waals surface area contributed by atoms with Crippen LogP contribution in [0.5, 0.6) is 0 Å². The summed E-state index contributed by atoms with van der Waals surface area (Å²) in [6, 6.07) is 0. The van der Waals surface area contributed by atoms with Gasteiger partial charge >= 0.3 is 0 Å². The predicted octanol–water partition coefficient (Wildman–Crippen LogP) is 2.14. The van der Waals surface area contributed by atoms with Gasteiger partial charge in [0.2, 0.25) is 0 Å². The zero-order valence-electron chi connectivity index (χ0n) is 6.24. The van der Waals surface area contributed by atoms with Crippen LogP contribution >= 0.6 is 7.14 Å². The summed E-state index contributed by atoms with van der Waals surface area (Å²) < 4.78 is 11.5. The standard InChI is InChI=1S/C8H11OP/c1-4-8-5-6-10(3,9)7(8)2/h1,5-8H,2-3H3. The summed E-state index contributed by atoms with van der Waals surface area (Å²) in [6.45, 7) is 3.73. The highest BCUT2D eigenvalue weighted by Gasteiger charge is 2.31. The van der Waals surface area contributed by atoms with Gasteiger partial charge in [-0.05, 0) is 12.5 Å². The second-order valence-corrected chi connectivity index (χ2v) is 6.06. The van der Waals surface area contributed by atoms with Gasteiger partial charge in [-0.2, -0.15) is 0 Å². The summed E-state index contributed by atoms with van der Waals surface area (Å²) >= 11 is 0. The van der Waals surface area contributed by atoms with E-state index >= 15 is 0 Å². The van der Waals surface area contributed by atoms with E-state index in [9.17, 15) is 4.57 Å². The number of terminal acetylenes is 1. The van der Waals surface area contributed by atoms with Crippen molar-refractivity contribution in [1.82, 2.24) is 0 Å². The maximum atomic E-state index is 11.5. The van der Waals surface area contributed by atoms with Crippen LogP contribution in [0, 0.1) is 18.3 Å². The Morgan fingerprint density at radius 2 is 2.30 bits per heavy atom. The molecule has 54 valence electrons. The lowest BCUT2D eigenvalue weighted by molar-refractivity contribution is 0.574. The Kier molecular flexibility index (Phi) is 1.75. The quantitative estimate of drug-likeness (QED) is 0.386. The average molecular weight is 154 g/mol. The van der Waals surface area contributed by atoms with E-state index in [1.165, 1.54) is 0 Å². The van der Waals surface area contributed by atoms with Gasteiger partial charge in [0.25, 0.3) is 0 Å². The average Bonchev–Trinajstić information content (AvgIpc) is 2.10. The van der Waals surface area contributed by atoms with Crippen LogP contribution < -0.4 is 0 Å². The van der Waals surface area contributed by atoms with Gasteiger partial charge in [-0.1, -0.05) is 18.9 Å². The van der Waals surface area contributed by atoms with Crippen molar-refractivity contribution in [2.75, 3.05) is 6.66 Å².